The van der Waals surface area contributed by atoms with Crippen molar-refractivity contribution in [3.05, 3.63) is 59.8 Å². The number of carbonyl (C=O) groups is 1. The number of hydrogen-bond donors (Lipinski definition) is 3. The number of aromatic nitrogens is 1. The molecule has 0 spiro atoms. The maximum atomic E-state index is 12.0. The highest BCUT2D eigenvalue weighted by Crippen LogP contribution is 2.12. The maximum absolute atomic E-state index is 12.0. The SMILES string of the molecule is NC(=NO)c1cccnc1NC(=O)c1ccccc1. The largest absolute Gasteiger partial charge is 0.409 e. The molecule has 19 heavy (non-hydrogen) atoms. The van der Waals surface area contributed by atoms with Gasteiger partial charge < -0.3 is 16.3 Å². The molecule has 0 radical (unpaired) electrons. The second-order valence-corrected chi connectivity index (χ2v) is 3.70. The monoisotopic (exact) mass is 256 g/mol. The van der Waals surface area contributed by atoms with E-state index in [2.05, 4.69) is 15.5 Å². The number of benzene rings is 1. The van der Waals surface area contributed by atoms with E-state index >= 15 is 0 Å². The summed E-state index contributed by atoms with van der Waals surface area (Å²) in [7, 11) is 0. The van der Waals surface area contributed by atoms with Gasteiger partial charge in [0.05, 0.1) is 5.56 Å². The van der Waals surface area contributed by atoms with Crippen LogP contribution in [-0.4, -0.2) is 21.9 Å². The molecular formula is C13H12N4O2. The zero-order chi connectivity index (χ0) is 13.7. The first-order valence-corrected chi connectivity index (χ1v) is 5.51. The lowest BCUT2D eigenvalue weighted by atomic mass is 10.2. The van der Waals surface area contributed by atoms with Crippen molar-refractivity contribution >= 4 is 17.6 Å². The average molecular weight is 256 g/mol. The standard InChI is InChI=1S/C13H12N4O2/c14-11(17-19)10-7-4-8-15-12(10)16-13(18)9-5-2-1-3-6-9/h1-8,19H,(H2,14,17)(H,15,16,18). The number of carbonyl (C=O) groups excluding carboxylic acids is 1. The predicted octanol–water partition coefficient (Wildman–Crippen LogP) is 1.43. The molecule has 1 amide bonds. The number of amidine groups is 1. The van der Waals surface area contributed by atoms with Gasteiger partial charge in [-0.1, -0.05) is 23.4 Å². The van der Waals surface area contributed by atoms with Gasteiger partial charge in [0.15, 0.2) is 5.84 Å². The minimum absolute atomic E-state index is 0.114. The summed E-state index contributed by atoms with van der Waals surface area (Å²) in [4.78, 5) is 16.0. The van der Waals surface area contributed by atoms with Crippen LogP contribution in [-0.2, 0) is 0 Å². The zero-order valence-electron chi connectivity index (χ0n) is 9.95. The molecule has 0 aliphatic carbocycles. The Kier molecular flexibility index (Phi) is 3.72. The Morgan fingerprint density at radius 3 is 2.63 bits per heavy atom. The second kappa shape index (κ2) is 5.63. The van der Waals surface area contributed by atoms with Crippen molar-refractivity contribution in [2.45, 2.75) is 0 Å². The van der Waals surface area contributed by atoms with E-state index in [-0.39, 0.29) is 17.6 Å². The molecular weight excluding hydrogens is 244 g/mol. The summed E-state index contributed by atoms with van der Waals surface area (Å²) in [5.41, 5.74) is 6.37. The molecule has 2 rings (SSSR count). The molecule has 0 bridgehead atoms. The molecule has 1 aromatic carbocycles. The van der Waals surface area contributed by atoms with Crippen LogP contribution in [0.25, 0.3) is 0 Å². The van der Waals surface area contributed by atoms with E-state index in [1.807, 2.05) is 6.07 Å². The molecule has 0 saturated carbocycles. The number of hydrogen-bond acceptors (Lipinski definition) is 4. The van der Waals surface area contributed by atoms with Gasteiger partial charge >= 0.3 is 0 Å². The Morgan fingerprint density at radius 1 is 1.21 bits per heavy atom. The summed E-state index contributed by atoms with van der Waals surface area (Å²) >= 11 is 0. The Bertz CT molecular complexity index is 611. The van der Waals surface area contributed by atoms with Crippen LogP contribution in [0.4, 0.5) is 5.82 Å². The van der Waals surface area contributed by atoms with Crippen LogP contribution in [0, 0.1) is 0 Å². The predicted molar refractivity (Wildman–Crippen MR) is 71.1 cm³/mol. The van der Waals surface area contributed by atoms with Crippen molar-refractivity contribution < 1.29 is 10.0 Å². The van der Waals surface area contributed by atoms with E-state index in [0.717, 1.165) is 0 Å². The third-order valence-corrected chi connectivity index (χ3v) is 2.46. The molecule has 2 aromatic rings. The highest BCUT2D eigenvalue weighted by Gasteiger charge is 2.12. The van der Waals surface area contributed by atoms with Crippen LogP contribution >= 0.6 is 0 Å². The minimum Gasteiger partial charge on any atom is -0.409 e. The van der Waals surface area contributed by atoms with E-state index in [1.165, 1.54) is 6.20 Å². The number of oxime groups is 1. The summed E-state index contributed by atoms with van der Waals surface area (Å²) in [6.07, 6.45) is 1.51. The molecule has 0 fully saturated rings. The van der Waals surface area contributed by atoms with Gasteiger partial charge in [0, 0.05) is 11.8 Å². The van der Waals surface area contributed by atoms with Crippen molar-refractivity contribution in [3.8, 4) is 0 Å². The minimum atomic E-state index is -0.314. The van der Waals surface area contributed by atoms with Crippen LogP contribution < -0.4 is 11.1 Å². The Balaban J connectivity index is 2.27. The number of nitrogens with one attached hydrogen (secondary N) is 1. The van der Waals surface area contributed by atoms with Gasteiger partial charge in [-0.25, -0.2) is 4.98 Å². The Hall–Kier alpha value is -2.89. The number of rotatable bonds is 3. The first-order valence-electron chi connectivity index (χ1n) is 5.51. The lowest BCUT2D eigenvalue weighted by molar-refractivity contribution is 0.102. The molecule has 4 N–H and O–H groups in total. The molecule has 96 valence electrons. The molecule has 1 heterocycles. The molecule has 6 nitrogen and oxygen atoms in total. The van der Waals surface area contributed by atoms with Gasteiger partial charge in [-0.05, 0) is 24.3 Å². The summed E-state index contributed by atoms with van der Waals surface area (Å²) < 4.78 is 0. The average Bonchev–Trinajstić information content (AvgIpc) is 2.48. The van der Waals surface area contributed by atoms with Gasteiger partial charge in [-0.3, -0.25) is 4.79 Å². The van der Waals surface area contributed by atoms with Gasteiger partial charge in [0.1, 0.15) is 5.82 Å². The number of nitrogens with two attached hydrogens (primary N) is 1. The lowest BCUT2D eigenvalue weighted by Gasteiger charge is -2.08. The zero-order valence-corrected chi connectivity index (χ0v) is 9.95. The first kappa shape index (κ1) is 12.6. The van der Waals surface area contributed by atoms with Crippen molar-refractivity contribution in [2.75, 3.05) is 5.32 Å². The molecule has 0 saturated heterocycles. The summed E-state index contributed by atoms with van der Waals surface area (Å²) in [6, 6.07) is 11.9. The van der Waals surface area contributed by atoms with Crippen molar-refractivity contribution in [2.24, 2.45) is 10.9 Å². The third-order valence-electron chi connectivity index (χ3n) is 2.46. The van der Waals surface area contributed by atoms with Crippen LogP contribution in [0.2, 0.25) is 0 Å². The molecule has 6 heteroatoms. The highest BCUT2D eigenvalue weighted by molar-refractivity contribution is 6.08. The van der Waals surface area contributed by atoms with E-state index in [1.54, 1.807) is 36.4 Å². The van der Waals surface area contributed by atoms with Gasteiger partial charge in [0.25, 0.3) is 5.91 Å². The summed E-state index contributed by atoms with van der Waals surface area (Å²) in [5.74, 6) is -0.186. The van der Waals surface area contributed by atoms with Crippen molar-refractivity contribution in [1.29, 1.82) is 0 Å². The highest BCUT2D eigenvalue weighted by atomic mass is 16.4. The maximum Gasteiger partial charge on any atom is 0.256 e. The van der Waals surface area contributed by atoms with Crippen LogP contribution in [0.5, 0.6) is 0 Å². The number of pyridine rings is 1. The topological polar surface area (TPSA) is 101 Å². The molecule has 0 aliphatic rings. The molecule has 0 atom stereocenters. The number of amides is 1. The molecule has 0 unspecified atom stereocenters. The van der Waals surface area contributed by atoms with Crippen LogP contribution in [0.15, 0.2) is 53.8 Å². The second-order valence-electron chi connectivity index (χ2n) is 3.70. The molecule has 1 aromatic heterocycles. The van der Waals surface area contributed by atoms with Crippen molar-refractivity contribution in [1.82, 2.24) is 4.98 Å². The van der Waals surface area contributed by atoms with E-state index in [4.69, 9.17) is 10.9 Å². The summed E-state index contributed by atoms with van der Waals surface area (Å²) in [5, 5.41) is 14.2. The number of nitrogens with zero attached hydrogens (tertiary/aromatic N) is 2. The Morgan fingerprint density at radius 2 is 1.95 bits per heavy atom. The molecule has 0 aliphatic heterocycles. The van der Waals surface area contributed by atoms with Crippen molar-refractivity contribution in [3.63, 3.8) is 0 Å². The van der Waals surface area contributed by atoms with E-state index < -0.39 is 0 Å². The first-order chi connectivity index (χ1) is 9.22. The fourth-order valence-electron chi connectivity index (χ4n) is 1.53. The summed E-state index contributed by atoms with van der Waals surface area (Å²) in [6.45, 7) is 0. The van der Waals surface area contributed by atoms with Gasteiger partial charge in [-0.2, -0.15) is 0 Å². The third kappa shape index (κ3) is 2.86. The lowest BCUT2D eigenvalue weighted by Crippen LogP contribution is -2.20. The quantitative estimate of drug-likeness (QED) is 0.334. The van der Waals surface area contributed by atoms with E-state index in [0.29, 0.717) is 11.1 Å². The van der Waals surface area contributed by atoms with Crippen LogP contribution in [0.1, 0.15) is 15.9 Å². The van der Waals surface area contributed by atoms with Gasteiger partial charge in [-0.15, -0.1) is 0 Å². The fraction of sp³-hybridized carbons (Fsp3) is 0. The fourth-order valence-corrected chi connectivity index (χ4v) is 1.53. The van der Waals surface area contributed by atoms with Crippen LogP contribution in [0.3, 0.4) is 0 Å². The Labute approximate surface area is 109 Å². The number of anilines is 1. The van der Waals surface area contributed by atoms with Gasteiger partial charge in [0.2, 0.25) is 0 Å². The normalized spacial score (nSPS) is 11.1. The van der Waals surface area contributed by atoms with E-state index in [9.17, 15) is 4.79 Å². The smallest absolute Gasteiger partial charge is 0.256 e.